The molecule has 0 fully saturated rings. The van der Waals surface area contributed by atoms with Crippen LogP contribution in [0.15, 0.2) is 85.7 Å². The van der Waals surface area contributed by atoms with Gasteiger partial charge in [-0.05, 0) is 23.3 Å². The van der Waals surface area contributed by atoms with Gasteiger partial charge in [0.25, 0.3) is 0 Å². The van der Waals surface area contributed by atoms with E-state index in [2.05, 4.69) is 57.1 Å². The second-order valence-electron chi connectivity index (χ2n) is 5.77. The van der Waals surface area contributed by atoms with Gasteiger partial charge in [-0.15, -0.1) is 0 Å². The van der Waals surface area contributed by atoms with Crippen molar-refractivity contribution in [1.29, 1.82) is 0 Å². The number of aromatic nitrogens is 3. The molecule has 4 rings (SSSR count). The lowest BCUT2D eigenvalue weighted by Gasteiger charge is -2.20. The van der Waals surface area contributed by atoms with Gasteiger partial charge in [0.15, 0.2) is 0 Å². The Balaban J connectivity index is 1.87. The van der Waals surface area contributed by atoms with E-state index in [1.165, 1.54) is 22.3 Å². The first-order valence-electron chi connectivity index (χ1n) is 7.88. The van der Waals surface area contributed by atoms with Crippen molar-refractivity contribution >= 4 is 5.69 Å². The number of nitrogens with zero attached hydrogens (tertiary/aromatic N) is 2. The van der Waals surface area contributed by atoms with E-state index >= 15 is 0 Å². The Hall–Kier alpha value is -3.27. The zero-order valence-corrected chi connectivity index (χ0v) is 13.1. The van der Waals surface area contributed by atoms with Crippen molar-refractivity contribution in [3.05, 3.63) is 96.8 Å². The van der Waals surface area contributed by atoms with E-state index in [0.717, 1.165) is 5.69 Å². The van der Waals surface area contributed by atoms with Crippen LogP contribution in [0, 0.1) is 0 Å². The van der Waals surface area contributed by atoms with Gasteiger partial charge in [-0.2, -0.15) is 0 Å². The van der Waals surface area contributed by atoms with E-state index in [-0.39, 0.29) is 6.04 Å². The van der Waals surface area contributed by atoms with Gasteiger partial charge in [-0.3, -0.25) is 0 Å². The van der Waals surface area contributed by atoms with Crippen molar-refractivity contribution in [2.45, 2.75) is 6.04 Å². The minimum atomic E-state index is 0.0366. The lowest BCUT2D eigenvalue weighted by Crippen LogP contribution is -2.11. The predicted octanol–water partition coefficient (Wildman–Crippen LogP) is 4.10. The Morgan fingerprint density at radius 2 is 1.75 bits per heavy atom. The molecule has 4 heteroatoms. The summed E-state index contributed by atoms with van der Waals surface area (Å²) in [7, 11) is 0. The third kappa shape index (κ3) is 2.58. The summed E-state index contributed by atoms with van der Waals surface area (Å²) in [6, 6.07) is 18.5. The lowest BCUT2D eigenvalue weighted by molar-refractivity contribution is 0.679. The molecular weight excluding hydrogens is 296 g/mol. The Morgan fingerprint density at radius 1 is 0.958 bits per heavy atom. The van der Waals surface area contributed by atoms with Gasteiger partial charge >= 0.3 is 0 Å². The largest absolute Gasteiger partial charge is 0.399 e. The molecular formula is C20H18N4. The molecule has 0 amide bonds. The van der Waals surface area contributed by atoms with Crippen LogP contribution < -0.4 is 5.73 Å². The van der Waals surface area contributed by atoms with Crippen LogP contribution in [0.25, 0.3) is 11.1 Å². The van der Waals surface area contributed by atoms with Gasteiger partial charge in [0, 0.05) is 41.6 Å². The average molecular weight is 314 g/mol. The maximum absolute atomic E-state index is 5.86. The summed E-state index contributed by atoms with van der Waals surface area (Å²) < 4.78 is 2.11. The maximum Gasteiger partial charge on any atom is 0.0954 e. The highest BCUT2D eigenvalue weighted by Crippen LogP contribution is 2.34. The zero-order valence-electron chi connectivity index (χ0n) is 13.1. The van der Waals surface area contributed by atoms with Crippen molar-refractivity contribution in [2.24, 2.45) is 0 Å². The number of benzene rings is 2. The van der Waals surface area contributed by atoms with E-state index in [0.29, 0.717) is 0 Å². The van der Waals surface area contributed by atoms with Crippen molar-refractivity contribution < 1.29 is 0 Å². The molecule has 2 heterocycles. The Morgan fingerprint density at radius 3 is 2.46 bits per heavy atom. The van der Waals surface area contributed by atoms with Crippen LogP contribution >= 0.6 is 0 Å². The molecule has 3 N–H and O–H groups in total. The molecule has 0 saturated carbocycles. The Kier molecular flexibility index (Phi) is 3.63. The number of nitrogen functional groups attached to an aromatic ring is 1. The molecule has 0 radical (unpaired) electrons. The highest BCUT2D eigenvalue weighted by molar-refractivity contribution is 5.68. The fraction of sp³-hybridized carbons (Fsp3) is 0.0500. The van der Waals surface area contributed by atoms with E-state index < -0.39 is 0 Å². The Labute approximate surface area is 140 Å². The van der Waals surface area contributed by atoms with Crippen LogP contribution in [-0.4, -0.2) is 14.5 Å². The Bertz CT molecular complexity index is 906. The number of H-pyrrole nitrogens is 1. The predicted molar refractivity (Wildman–Crippen MR) is 96.6 cm³/mol. The number of nitrogens with one attached hydrogen (secondary N) is 1. The van der Waals surface area contributed by atoms with Crippen molar-refractivity contribution in [2.75, 3.05) is 5.73 Å². The number of hydrogen-bond acceptors (Lipinski definition) is 2. The number of rotatable bonds is 4. The summed E-state index contributed by atoms with van der Waals surface area (Å²) >= 11 is 0. The SMILES string of the molecule is Nc1ccc([C@H](c2c[nH]cc2-c2ccccc2)n2ccnc2)cc1. The topological polar surface area (TPSA) is 59.6 Å². The molecule has 2 aromatic heterocycles. The summed E-state index contributed by atoms with van der Waals surface area (Å²) in [6.45, 7) is 0. The second kappa shape index (κ2) is 6.08. The van der Waals surface area contributed by atoms with Crippen LogP contribution in [0.4, 0.5) is 5.69 Å². The third-order valence-corrected chi connectivity index (χ3v) is 4.23. The number of aromatic amines is 1. The van der Waals surface area contributed by atoms with Crippen LogP contribution in [0.5, 0.6) is 0 Å². The monoisotopic (exact) mass is 314 g/mol. The lowest BCUT2D eigenvalue weighted by atomic mass is 9.94. The van der Waals surface area contributed by atoms with Gasteiger partial charge in [-0.1, -0.05) is 42.5 Å². The van der Waals surface area contributed by atoms with Crippen molar-refractivity contribution in [3.63, 3.8) is 0 Å². The summed E-state index contributed by atoms with van der Waals surface area (Å²) in [5.41, 5.74) is 11.4. The molecule has 0 spiro atoms. The smallest absolute Gasteiger partial charge is 0.0954 e. The van der Waals surface area contributed by atoms with Crippen LogP contribution in [-0.2, 0) is 0 Å². The number of hydrogen-bond donors (Lipinski definition) is 2. The molecule has 0 unspecified atom stereocenters. The molecule has 2 aromatic carbocycles. The fourth-order valence-electron chi connectivity index (χ4n) is 3.08. The van der Waals surface area contributed by atoms with Crippen LogP contribution in [0.1, 0.15) is 17.2 Å². The molecule has 0 saturated heterocycles. The summed E-state index contributed by atoms with van der Waals surface area (Å²) in [5, 5.41) is 0. The molecule has 1 atom stereocenters. The minimum Gasteiger partial charge on any atom is -0.399 e. The summed E-state index contributed by atoms with van der Waals surface area (Å²) in [5.74, 6) is 0. The first-order chi connectivity index (χ1) is 11.8. The van der Waals surface area contributed by atoms with E-state index in [4.69, 9.17) is 5.73 Å². The van der Waals surface area contributed by atoms with Gasteiger partial charge in [0.1, 0.15) is 0 Å². The quantitative estimate of drug-likeness (QED) is 0.557. The summed E-state index contributed by atoms with van der Waals surface area (Å²) in [4.78, 5) is 7.49. The molecule has 0 aliphatic rings. The van der Waals surface area contributed by atoms with E-state index in [1.54, 1.807) is 6.20 Å². The first-order valence-corrected chi connectivity index (χ1v) is 7.88. The van der Waals surface area contributed by atoms with Gasteiger partial charge in [0.2, 0.25) is 0 Å². The average Bonchev–Trinajstić information content (AvgIpc) is 3.30. The maximum atomic E-state index is 5.86. The van der Waals surface area contributed by atoms with Gasteiger partial charge < -0.3 is 15.3 Å². The number of anilines is 1. The molecule has 118 valence electrons. The molecule has 24 heavy (non-hydrogen) atoms. The third-order valence-electron chi connectivity index (χ3n) is 4.23. The van der Waals surface area contributed by atoms with E-state index in [9.17, 15) is 0 Å². The van der Waals surface area contributed by atoms with Crippen molar-refractivity contribution in [3.8, 4) is 11.1 Å². The van der Waals surface area contributed by atoms with Crippen LogP contribution in [0.2, 0.25) is 0 Å². The highest BCUT2D eigenvalue weighted by Gasteiger charge is 2.20. The highest BCUT2D eigenvalue weighted by atomic mass is 15.1. The summed E-state index contributed by atoms with van der Waals surface area (Å²) in [6.07, 6.45) is 9.75. The molecule has 0 bridgehead atoms. The van der Waals surface area contributed by atoms with Crippen molar-refractivity contribution in [1.82, 2.24) is 14.5 Å². The number of nitrogens with two attached hydrogens (primary N) is 1. The number of imidazole rings is 1. The van der Waals surface area contributed by atoms with Crippen LogP contribution in [0.3, 0.4) is 0 Å². The second-order valence-corrected chi connectivity index (χ2v) is 5.77. The molecule has 0 aliphatic carbocycles. The fourth-order valence-corrected chi connectivity index (χ4v) is 3.08. The first kappa shape index (κ1) is 14.3. The van der Waals surface area contributed by atoms with Gasteiger partial charge in [0.05, 0.1) is 12.4 Å². The normalized spacial score (nSPS) is 12.2. The molecule has 0 aliphatic heterocycles. The molecule has 4 nitrogen and oxygen atoms in total. The van der Waals surface area contributed by atoms with E-state index in [1.807, 2.05) is 36.9 Å². The zero-order chi connectivity index (χ0) is 16.4. The molecule has 4 aromatic rings. The standard InChI is InChI=1S/C20H18N4/c21-17-8-6-16(7-9-17)20(24-11-10-22-14-24)19-13-23-12-18(19)15-4-2-1-3-5-15/h1-14,20,23H,21H2/t20-/m1/s1. The van der Waals surface area contributed by atoms with Gasteiger partial charge in [-0.25, -0.2) is 4.98 Å². The minimum absolute atomic E-state index is 0.0366.